The van der Waals surface area contributed by atoms with E-state index in [1.54, 1.807) is 18.4 Å². The number of rotatable bonds is 6. The molecule has 0 aliphatic carbocycles. The first-order valence-corrected chi connectivity index (χ1v) is 11.1. The molecular formula is C22H38IN5O2. The van der Waals surface area contributed by atoms with E-state index < -0.39 is 0 Å². The van der Waals surface area contributed by atoms with Gasteiger partial charge in [-0.2, -0.15) is 0 Å². The third-order valence-electron chi connectivity index (χ3n) is 5.77. The van der Waals surface area contributed by atoms with Gasteiger partial charge >= 0.3 is 0 Å². The molecule has 1 aromatic heterocycles. The van der Waals surface area contributed by atoms with Gasteiger partial charge in [-0.3, -0.25) is 9.79 Å². The normalized spacial score (nSPS) is 23.2. The van der Waals surface area contributed by atoms with E-state index >= 15 is 0 Å². The summed E-state index contributed by atoms with van der Waals surface area (Å²) in [4.78, 5) is 24.0. The number of hydrogen-bond donors (Lipinski definition) is 1. The van der Waals surface area contributed by atoms with Crippen molar-refractivity contribution in [3.8, 4) is 0 Å². The molecule has 0 bridgehead atoms. The third-order valence-corrected chi connectivity index (χ3v) is 5.77. The lowest BCUT2D eigenvalue weighted by Crippen LogP contribution is -2.53. The zero-order chi connectivity index (χ0) is 20.6. The van der Waals surface area contributed by atoms with Crippen LogP contribution in [0.4, 0.5) is 0 Å². The number of piperidine rings is 1. The second-order valence-corrected chi connectivity index (χ2v) is 8.55. The molecule has 1 N–H and O–H groups in total. The maximum absolute atomic E-state index is 12.4. The van der Waals surface area contributed by atoms with Crippen molar-refractivity contribution < 1.29 is 9.21 Å². The average molecular weight is 531 g/mol. The number of nitrogens with zero attached hydrogens (tertiary/aromatic N) is 4. The summed E-state index contributed by atoms with van der Waals surface area (Å²) in [7, 11) is 0. The highest BCUT2D eigenvalue weighted by atomic mass is 127. The van der Waals surface area contributed by atoms with Crippen LogP contribution in [0.2, 0.25) is 0 Å². The quantitative estimate of drug-likeness (QED) is 0.265. The topological polar surface area (TPSA) is 64.3 Å². The van der Waals surface area contributed by atoms with Gasteiger partial charge < -0.3 is 24.4 Å². The number of carbonyl (C=O) groups excluding carboxylic acids is 1. The zero-order valence-electron chi connectivity index (χ0n) is 18.7. The molecule has 2 aliphatic rings. The largest absolute Gasteiger partial charge is 0.459 e. The molecule has 2 saturated heterocycles. The van der Waals surface area contributed by atoms with Crippen LogP contribution in [-0.2, 0) is 0 Å². The van der Waals surface area contributed by atoms with Crippen LogP contribution in [0.3, 0.4) is 0 Å². The van der Waals surface area contributed by atoms with Gasteiger partial charge in [-0.25, -0.2) is 0 Å². The van der Waals surface area contributed by atoms with Crippen LogP contribution in [0.15, 0.2) is 27.8 Å². The van der Waals surface area contributed by atoms with Crippen LogP contribution in [-0.4, -0.2) is 85.5 Å². The Labute approximate surface area is 198 Å². The number of likely N-dealkylation sites (tertiary alicyclic amines) is 1. The van der Waals surface area contributed by atoms with Gasteiger partial charge in [0.05, 0.1) is 6.26 Å². The summed E-state index contributed by atoms with van der Waals surface area (Å²) in [6, 6.07) is 3.48. The molecule has 3 rings (SSSR count). The summed E-state index contributed by atoms with van der Waals surface area (Å²) in [6.45, 7) is 15.0. The molecular weight excluding hydrogens is 493 g/mol. The van der Waals surface area contributed by atoms with Crippen LogP contribution in [0.25, 0.3) is 0 Å². The van der Waals surface area contributed by atoms with Gasteiger partial charge in [0.2, 0.25) is 0 Å². The number of halogens is 1. The Kier molecular flexibility index (Phi) is 10.4. The lowest BCUT2D eigenvalue weighted by Gasteiger charge is -2.36. The summed E-state index contributed by atoms with van der Waals surface area (Å²) in [5.74, 6) is 2.97. The fourth-order valence-corrected chi connectivity index (χ4v) is 4.56. The van der Waals surface area contributed by atoms with E-state index in [2.05, 4.69) is 35.9 Å². The number of nitrogens with one attached hydrogen (secondary N) is 1. The summed E-state index contributed by atoms with van der Waals surface area (Å²) < 4.78 is 5.25. The molecule has 7 nitrogen and oxygen atoms in total. The van der Waals surface area contributed by atoms with Crippen molar-refractivity contribution in [2.24, 2.45) is 16.8 Å². The molecule has 2 fully saturated rings. The number of guanidine groups is 1. The number of furan rings is 1. The molecule has 1 amide bonds. The standard InChI is InChI=1S/C22H37N5O2.HI/c1-4-23-22(24-8-6-9-25-16-18(2)15-19(3)17-25)27-12-10-26(11-13-27)21(28)20-7-5-14-29-20;/h5,7,14,18-19H,4,6,8-13,15-17H2,1-3H3,(H,23,24);1H. The number of piperazine rings is 1. The van der Waals surface area contributed by atoms with Crippen LogP contribution >= 0.6 is 24.0 Å². The molecule has 1 aromatic rings. The smallest absolute Gasteiger partial charge is 0.289 e. The summed E-state index contributed by atoms with van der Waals surface area (Å²) in [5, 5.41) is 3.42. The van der Waals surface area contributed by atoms with Gasteiger partial charge in [0.15, 0.2) is 11.7 Å². The lowest BCUT2D eigenvalue weighted by atomic mass is 9.92. The third kappa shape index (κ3) is 7.14. The average Bonchev–Trinajstić information content (AvgIpc) is 3.24. The van der Waals surface area contributed by atoms with Crippen LogP contribution in [0, 0.1) is 11.8 Å². The van der Waals surface area contributed by atoms with Crippen molar-refractivity contribution in [2.75, 3.05) is 58.9 Å². The Morgan fingerprint density at radius 3 is 2.43 bits per heavy atom. The second-order valence-electron chi connectivity index (χ2n) is 8.55. The number of aliphatic imine (C=N–C) groups is 1. The Morgan fingerprint density at radius 1 is 1.17 bits per heavy atom. The van der Waals surface area contributed by atoms with E-state index in [1.165, 1.54) is 19.5 Å². The zero-order valence-corrected chi connectivity index (χ0v) is 21.0. The highest BCUT2D eigenvalue weighted by Gasteiger charge is 2.25. The fourth-order valence-electron chi connectivity index (χ4n) is 4.56. The van der Waals surface area contributed by atoms with Crippen LogP contribution in [0.1, 0.15) is 44.2 Å². The maximum Gasteiger partial charge on any atom is 0.289 e. The van der Waals surface area contributed by atoms with E-state index in [4.69, 9.17) is 9.41 Å². The van der Waals surface area contributed by atoms with Crippen molar-refractivity contribution in [3.63, 3.8) is 0 Å². The fraction of sp³-hybridized carbons (Fsp3) is 0.727. The molecule has 30 heavy (non-hydrogen) atoms. The van der Waals surface area contributed by atoms with Crippen molar-refractivity contribution in [3.05, 3.63) is 24.2 Å². The highest BCUT2D eigenvalue weighted by molar-refractivity contribution is 14.0. The van der Waals surface area contributed by atoms with E-state index in [9.17, 15) is 4.79 Å². The lowest BCUT2D eigenvalue weighted by molar-refractivity contribution is 0.0657. The van der Waals surface area contributed by atoms with E-state index in [0.29, 0.717) is 18.8 Å². The molecule has 0 saturated carbocycles. The van der Waals surface area contributed by atoms with Gasteiger partial charge in [-0.15, -0.1) is 24.0 Å². The van der Waals surface area contributed by atoms with Gasteiger partial charge in [0.1, 0.15) is 0 Å². The molecule has 2 aliphatic heterocycles. The molecule has 0 radical (unpaired) electrons. The molecule has 2 atom stereocenters. The van der Waals surface area contributed by atoms with Gasteiger partial charge in [-0.05, 0) is 50.3 Å². The first kappa shape index (κ1) is 25.0. The SMILES string of the molecule is CCNC(=NCCCN1CC(C)CC(C)C1)N1CCN(C(=O)c2ccco2)CC1.I. The summed E-state index contributed by atoms with van der Waals surface area (Å²) in [5.41, 5.74) is 0. The number of carbonyl (C=O) groups is 1. The van der Waals surface area contributed by atoms with Crippen molar-refractivity contribution in [2.45, 2.75) is 33.6 Å². The minimum atomic E-state index is -0.0263. The Bertz CT molecular complexity index is 648. The Balaban J connectivity index is 0.00000320. The van der Waals surface area contributed by atoms with Gasteiger partial charge in [-0.1, -0.05) is 13.8 Å². The van der Waals surface area contributed by atoms with Gasteiger partial charge in [0, 0.05) is 52.4 Å². The Hall–Kier alpha value is -1.29. The maximum atomic E-state index is 12.4. The second kappa shape index (κ2) is 12.5. The molecule has 0 spiro atoms. The monoisotopic (exact) mass is 531 g/mol. The van der Waals surface area contributed by atoms with Crippen molar-refractivity contribution >= 4 is 35.8 Å². The number of hydrogen-bond acceptors (Lipinski definition) is 4. The molecule has 3 heterocycles. The number of amides is 1. The molecule has 8 heteroatoms. The highest BCUT2D eigenvalue weighted by Crippen LogP contribution is 2.20. The summed E-state index contributed by atoms with van der Waals surface area (Å²) in [6.07, 6.45) is 3.99. The minimum absolute atomic E-state index is 0. The Morgan fingerprint density at radius 2 is 1.83 bits per heavy atom. The van der Waals surface area contributed by atoms with Crippen LogP contribution in [0.5, 0.6) is 0 Å². The van der Waals surface area contributed by atoms with Crippen LogP contribution < -0.4 is 5.32 Å². The molecule has 0 aromatic carbocycles. The van der Waals surface area contributed by atoms with E-state index in [1.807, 2.05) is 4.90 Å². The molecule has 2 unspecified atom stereocenters. The minimum Gasteiger partial charge on any atom is -0.459 e. The van der Waals surface area contributed by atoms with Crippen molar-refractivity contribution in [1.82, 2.24) is 20.0 Å². The predicted octanol–water partition coefficient (Wildman–Crippen LogP) is 2.99. The first-order valence-electron chi connectivity index (χ1n) is 11.1. The van der Waals surface area contributed by atoms with E-state index in [0.717, 1.165) is 56.9 Å². The van der Waals surface area contributed by atoms with Crippen molar-refractivity contribution in [1.29, 1.82) is 0 Å². The van der Waals surface area contributed by atoms with Gasteiger partial charge in [0.25, 0.3) is 5.91 Å². The first-order chi connectivity index (χ1) is 14.1. The predicted molar refractivity (Wildman–Crippen MR) is 132 cm³/mol. The molecule has 170 valence electrons. The summed E-state index contributed by atoms with van der Waals surface area (Å²) >= 11 is 0. The van der Waals surface area contributed by atoms with E-state index in [-0.39, 0.29) is 29.9 Å².